The van der Waals surface area contributed by atoms with Crippen molar-refractivity contribution in [3.05, 3.63) is 84.1 Å². The van der Waals surface area contributed by atoms with Crippen LogP contribution in [-0.4, -0.2) is 39.6 Å². The highest BCUT2D eigenvalue weighted by molar-refractivity contribution is 5.99. The Kier molecular flexibility index (Phi) is 6.60. The Morgan fingerprint density at radius 3 is 2.26 bits per heavy atom. The molecule has 1 unspecified atom stereocenters. The van der Waals surface area contributed by atoms with E-state index in [1.54, 1.807) is 12.1 Å². The Bertz CT molecular complexity index is 1260. The zero-order valence-electron chi connectivity index (χ0n) is 20.1. The quantitative estimate of drug-likeness (QED) is 0.488. The number of aromatic nitrogens is 1. The third-order valence-electron chi connectivity index (χ3n) is 6.05. The number of para-hydroxylation sites is 1. The van der Waals surface area contributed by atoms with Gasteiger partial charge in [0, 0.05) is 12.1 Å². The molecule has 0 saturated heterocycles. The monoisotopic (exact) mass is 471 g/mol. The van der Waals surface area contributed by atoms with Crippen LogP contribution in [0.4, 0.5) is 4.79 Å². The number of benzene rings is 2. The molecule has 3 N–H and O–H groups in total. The first-order valence-corrected chi connectivity index (χ1v) is 11.5. The summed E-state index contributed by atoms with van der Waals surface area (Å²) in [7, 11) is 0. The van der Waals surface area contributed by atoms with Crippen molar-refractivity contribution < 1.29 is 19.4 Å². The lowest BCUT2D eigenvalue weighted by molar-refractivity contribution is 0.0992. The predicted molar refractivity (Wildman–Crippen MR) is 135 cm³/mol. The molecule has 1 aliphatic rings. The largest absolute Gasteiger partial charge is 0.465 e. The van der Waals surface area contributed by atoms with Crippen molar-refractivity contribution >= 4 is 17.6 Å². The van der Waals surface area contributed by atoms with Crippen molar-refractivity contribution in [2.24, 2.45) is 11.1 Å². The lowest BCUT2D eigenvalue weighted by atomic mass is 9.81. The highest BCUT2D eigenvalue weighted by atomic mass is 16.5. The lowest BCUT2D eigenvalue weighted by Crippen LogP contribution is -2.48. The van der Waals surface area contributed by atoms with Crippen molar-refractivity contribution in [2.45, 2.75) is 33.2 Å². The first kappa shape index (κ1) is 24.0. The second-order valence-electron chi connectivity index (χ2n) is 9.63. The highest BCUT2D eigenvalue weighted by Gasteiger charge is 2.35. The van der Waals surface area contributed by atoms with Crippen LogP contribution in [0.2, 0.25) is 0 Å². The Labute approximate surface area is 204 Å². The number of nitrogens with zero attached hydrogens (tertiary/aromatic N) is 2. The molecule has 1 aromatic heterocycles. The smallest absolute Gasteiger partial charge is 0.407 e. The number of carboxylic acid groups (broad SMARTS) is 1. The zero-order valence-corrected chi connectivity index (χ0v) is 20.1. The molecule has 0 bridgehead atoms. The number of carbonyl (C=O) groups excluding carboxylic acids is 1. The first-order chi connectivity index (χ1) is 16.6. The average molecular weight is 472 g/mol. The molecule has 2 amide bonds. The van der Waals surface area contributed by atoms with Gasteiger partial charge in [-0.25, -0.2) is 9.78 Å². The summed E-state index contributed by atoms with van der Waals surface area (Å²) in [5.41, 5.74) is 8.56. The lowest BCUT2D eigenvalue weighted by Gasteiger charge is -2.40. The molecule has 7 nitrogen and oxygen atoms in total. The number of primary amides is 1. The van der Waals surface area contributed by atoms with Crippen LogP contribution in [0, 0.1) is 5.41 Å². The van der Waals surface area contributed by atoms with Crippen LogP contribution in [0.5, 0.6) is 11.5 Å². The molecule has 3 aromatic rings. The van der Waals surface area contributed by atoms with Crippen LogP contribution < -0.4 is 10.5 Å². The molecule has 1 atom stereocenters. The number of amides is 2. The van der Waals surface area contributed by atoms with E-state index in [0.29, 0.717) is 35.7 Å². The van der Waals surface area contributed by atoms with Gasteiger partial charge in [0.15, 0.2) is 0 Å². The van der Waals surface area contributed by atoms with E-state index in [0.717, 1.165) is 16.9 Å². The van der Waals surface area contributed by atoms with Crippen molar-refractivity contribution in [1.29, 1.82) is 0 Å². The fourth-order valence-electron chi connectivity index (χ4n) is 4.25. The van der Waals surface area contributed by atoms with Crippen LogP contribution in [0.15, 0.2) is 72.8 Å². The molecular formula is C28H29N3O4. The van der Waals surface area contributed by atoms with Gasteiger partial charge in [0.1, 0.15) is 11.5 Å². The molecule has 0 aliphatic carbocycles. The standard InChI is InChI=1S/C28H29N3O4/c1-28(2,3)24-17-19(15-16-31(24)27(33)34)23-14-13-22(26(29)32)25(30-23)18-9-11-21(12-10-18)35-20-7-5-4-6-8-20/h4-14,17,24H,15-16H2,1-3H3,(H2,29,32)(H,33,34). The molecule has 0 spiro atoms. The number of hydrogen-bond donors (Lipinski definition) is 2. The Morgan fingerprint density at radius 2 is 1.66 bits per heavy atom. The number of rotatable bonds is 5. The number of carbonyl (C=O) groups is 2. The third-order valence-corrected chi connectivity index (χ3v) is 6.05. The van der Waals surface area contributed by atoms with Crippen LogP contribution in [0.1, 0.15) is 43.2 Å². The fourth-order valence-corrected chi connectivity index (χ4v) is 4.25. The van der Waals surface area contributed by atoms with Crippen LogP contribution in [0.25, 0.3) is 16.8 Å². The van der Waals surface area contributed by atoms with E-state index in [9.17, 15) is 14.7 Å². The van der Waals surface area contributed by atoms with E-state index in [-0.39, 0.29) is 11.5 Å². The molecule has 7 heteroatoms. The molecule has 2 heterocycles. The molecule has 0 fully saturated rings. The van der Waals surface area contributed by atoms with Crippen LogP contribution in [-0.2, 0) is 0 Å². The molecular weight excluding hydrogens is 442 g/mol. The summed E-state index contributed by atoms with van der Waals surface area (Å²) in [6.45, 7) is 6.42. The summed E-state index contributed by atoms with van der Waals surface area (Å²) in [6, 6.07) is 20.0. The molecule has 180 valence electrons. The number of pyridine rings is 1. The second kappa shape index (κ2) is 9.62. The van der Waals surface area contributed by atoms with E-state index in [2.05, 4.69) is 0 Å². The van der Waals surface area contributed by atoms with Gasteiger partial charge < -0.3 is 20.5 Å². The third kappa shape index (κ3) is 5.35. The van der Waals surface area contributed by atoms with Crippen LogP contribution >= 0.6 is 0 Å². The SMILES string of the molecule is CC(C)(C)C1C=C(c2ccc(C(N)=O)c(-c3ccc(Oc4ccccc4)cc3)n2)CCN1C(=O)O. The molecule has 4 rings (SSSR count). The average Bonchev–Trinajstić information content (AvgIpc) is 2.84. The van der Waals surface area contributed by atoms with E-state index in [1.165, 1.54) is 4.90 Å². The summed E-state index contributed by atoms with van der Waals surface area (Å²) >= 11 is 0. The number of nitrogens with two attached hydrogens (primary N) is 1. The van der Waals surface area contributed by atoms with Gasteiger partial charge in [-0.2, -0.15) is 0 Å². The second-order valence-corrected chi connectivity index (χ2v) is 9.63. The van der Waals surface area contributed by atoms with Crippen molar-refractivity contribution in [2.75, 3.05) is 6.54 Å². The molecule has 0 saturated carbocycles. The van der Waals surface area contributed by atoms with E-state index < -0.39 is 12.0 Å². The van der Waals surface area contributed by atoms with E-state index >= 15 is 0 Å². The van der Waals surface area contributed by atoms with E-state index in [1.807, 2.05) is 81.4 Å². The van der Waals surface area contributed by atoms with Gasteiger partial charge in [-0.1, -0.05) is 45.0 Å². The molecule has 35 heavy (non-hydrogen) atoms. The molecule has 0 radical (unpaired) electrons. The number of hydrogen-bond acceptors (Lipinski definition) is 4. The van der Waals surface area contributed by atoms with Crippen LogP contribution in [0.3, 0.4) is 0 Å². The topological polar surface area (TPSA) is 106 Å². The van der Waals surface area contributed by atoms with Gasteiger partial charge >= 0.3 is 6.09 Å². The Balaban J connectivity index is 1.69. The van der Waals surface area contributed by atoms with E-state index in [4.69, 9.17) is 15.5 Å². The summed E-state index contributed by atoms with van der Waals surface area (Å²) in [5, 5.41) is 9.65. The maximum Gasteiger partial charge on any atom is 0.407 e. The maximum atomic E-state index is 12.2. The Hall–Kier alpha value is -4.13. The van der Waals surface area contributed by atoms with Gasteiger partial charge in [0.2, 0.25) is 0 Å². The summed E-state index contributed by atoms with van der Waals surface area (Å²) < 4.78 is 5.87. The fraction of sp³-hybridized carbons (Fsp3) is 0.250. The van der Waals surface area contributed by atoms with Crippen molar-refractivity contribution in [3.63, 3.8) is 0 Å². The zero-order chi connectivity index (χ0) is 25.2. The van der Waals surface area contributed by atoms with Gasteiger partial charge in [-0.15, -0.1) is 0 Å². The first-order valence-electron chi connectivity index (χ1n) is 11.5. The number of ether oxygens (including phenoxy) is 1. The minimum Gasteiger partial charge on any atom is -0.465 e. The Morgan fingerprint density at radius 1 is 1.00 bits per heavy atom. The minimum atomic E-state index is -0.934. The molecule has 1 aliphatic heterocycles. The summed E-state index contributed by atoms with van der Waals surface area (Å²) in [4.78, 5) is 30.2. The predicted octanol–water partition coefficient (Wildman–Crippen LogP) is 5.82. The van der Waals surface area contributed by atoms with Gasteiger partial charge in [-0.05, 0) is 65.9 Å². The summed E-state index contributed by atoms with van der Waals surface area (Å²) in [5.74, 6) is 0.825. The summed E-state index contributed by atoms with van der Waals surface area (Å²) in [6.07, 6.45) is 1.58. The normalized spacial score (nSPS) is 15.9. The van der Waals surface area contributed by atoms with Gasteiger partial charge in [0.05, 0.1) is 23.0 Å². The minimum absolute atomic E-state index is 0.283. The highest BCUT2D eigenvalue weighted by Crippen LogP contribution is 2.35. The molecule has 2 aromatic carbocycles. The van der Waals surface area contributed by atoms with Gasteiger partial charge in [0.25, 0.3) is 5.91 Å². The maximum absolute atomic E-state index is 12.2. The van der Waals surface area contributed by atoms with Crippen molar-refractivity contribution in [3.8, 4) is 22.8 Å². The van der Waals surface area contributed by atoms with Gasteiger partial charge in [-0.3, -0.25) is 4.79 Å². The van der Waals surface area contributed by atoms with Crippen molar-refractivity contribution in [1.82, 2.24) is 9.88 Å².